The van der Waals surface area contributed by atoms with Gasteiger partial charge in [-0.05, 0) is 66.1 Å². The molecule has 118 valence electrons. The zero-order chi connectivity index (χ0) is 15.0. The van der Waals surface area contributed by atoms with Crippen molar-refractivity contribution in [2.75, 3.05) is 13.1 Å². The smallest absolute Gasteiger partial charge is 0.0701 e. The normalized spacial score (nSPS) is 31.0. The molecule has 1 N–H and O–H groups in total. The molecule has 0 spiro atoms. The summed E-state index contributed by atoms with van der Waals surface area (Å²) >= 11 is 5.48. The SMILES string of the molecule is CC(C)CC1CNC(C)(C2CC2)CN1Cc1ccc(Br)s1. The Labute approximate surface area is 141 Å². The molecule has 0 bridgehead atoms. The first-order valence-corrected chi connectivity index (χ1v) is 9.80. The molecule has 2 atom stereocenters. The first-order chi connectivity index (χ1) is 9.96. The van der Waals surface area contributed by atoms with Crippen molar-refractivity contribution in [2.24, 2.45) is 11.8 Å². The fourth-order valence-corrected chi connectivity index (χ4v) is 5.19. The fraction of sp³-hybridized carbons (Fsp3) is 0.765. The van der Waals surface area contributed by atoms with E-state index < -0.39 is 0 Å². The zero-order valence-electron chi connectivity index (χ0n) is 13.4. The molecule has 0 amide bonds. The van der Waals surface area contributed by atoms with Gasteiger partial charge >= 0.3 is 0 Å². The summed E-state index contributed by atoms with van der Waals surface area (Å²) in [6.07, 6.45) is 4.12. The molecule has 21 heavy (non-hydrogen) atoms. The van der Waals surface area contributed by atoms with E-state index >= 15 is 0 Å². The maximum Gasteiger partial charge on any atom is 0.0701 e. The zero-order valence-corrected chi connectivity index (χ0v) is 15.8. The molecule has 0 radical (unpaired) electrons. The van der Waals surface area contributed by atoms with Crippen LogP contribution in [0.3, 0.4) is 0 Å². The Morgan fingerprint density at radius 1 is 1.43 bits per heavy atom. The van der Waals surface area contributed by atoms with Gasteiger partial charge in [0, 0.05) is 36.1 Å². The van der Waals surface area contributed by atoms with Crippen LogP contribution in [0.1, 0.15) is 44.9 Å². The van der Waals surface area contributed by atoms with Crippen LogP contribution in [0.4, 0.5) is 0 Å². The highest BCUT2D eigenvalue weighted by molar-refractivity contribution is 9.11. The Morgan fingerprint density at radius 3 is 2.76 bits per heavy atom. The van der Waals surface area contributed by atoms with Crippen LogP contribution in [0.15, 0.2) is 15.9 Å². The Balaban J connectivity index is 1.72. The molecule has 4 heteroatoms. The number of nitrogens with one attached hydrogen (secondary N) is 1. The monoisotopic (exact) mass is 370 g/mol. The molecule has 2 unspecified atom stereocenters. The quantitative estimate of drug-likeness (QED) is 0.820. The highest BCUT2D eigenvalue weighted by atomic mass is 79.9. The number of hydrogen-bond donors (Lipinski definition) is 1. The topological polar surface area (TPSA) is 15.3 Å². The van der Waals surface area contributed by atoms with Crippen LogP contribution in [-0.2, 0) is 6.54 Å². The Morgan fingerprint density at radius 2 is 2.19 bits per heavy atom. The van der Waals surface area contributed by atoms with Gasteiger partial charge in [-0.1, -0.05) is 13.8 Å². The first kappa shape index (κ1) is 16.0. The summed E-state index contributed by atoms with van der Waals surface area (Å²) in [5.74, 6) is 1.66. The summed E-state index contributed by atoms with van der Waals surface area (Å²) in [7, 11) is 0. The second-order valence-corrected chi connectivity index (χ2v) is 10.0. The molecule has 1 aliphatic heterocycles. The molecular formula is C17H27BrN2S. The molecule has 3 rings (SSSR count). The molecule has 2 heterocycles. The Kier molecular flexibility index (Phi) is 4.80. The van der Waals surface area contributed by atoms with E-state index in [9.17, 15) is 0 Å². The lowest BCUT2D eigenvalue weighted by Gasteiger charge is -2.47. The van der Waals surface area contributed by atoms with E-state index in [1.807, 2.05) is 11.3 Å². The second kappa shape index (κ2) is 6.31. The Bertz CT molecular complexity index is 483. The van der Waals surface area contributed by atoms with Gasteiger partial charge < -0.3 is 5.32 Å². The lowest BCUT2D eigenvalue weighted by atomic mass is 9.89. The van der Waals surface area contributed by atoms with E-state index in [1.54, 1.807) is 0 Å². The molecule has 1 saturated heterocycles. The van der Waals surface area contributed by atoms with Gasteiger partial charge in [-0.2, -0.15) is 0 Å². The fourth-order valence-electron chi connectivity index (χ4n) is 3.68. The van der Waals surface area contributed by atoms with Crippen LogP contribution in [0.2, 0.25) is 0 Å². The van der Waals surface area contributed by atoms with Crippen molar-refractivity contribution in [1.29, 1.82) is 0 Å². The highest BCUT2D eigenvalue weighted by Crippen LogP contribution is 2.42. The first-order valence-electron chi connectivity index (χ1n) is 8.19. The van der Waals surface area contributed by atoms with Crippen LogP contribution in [-0.4, -0.2) is 29.6 Å². The summed E-state index contributed by atoms with van der Waals surface area (Å²) in [6, 6.07) is 5.13. The Hall–Kier alpha value is 0.1000. The third kappa shape index (κ3) is 3.90. The number of hydrogen-bond acceptors (Lipinski definition) is 3. The molecule has 2 fully saturated rings. The minimum Gasteiger partial charge on any atom is -0.308 e. The average molecular weight is 371 g/mol. The van der Waals surface area contributed by atoms with Crippen molar-refractivity contribution in [1.82, 2.24) is 10.2 Å². The van der Waals surface area contributed by atoms with Gasteiger partial charge in [0.1, 0.15) is 0 Å². The van der Waals surface area contributed by atoms with Crippen LogP contribution in [0.5, 0.6) is 0 Å². The van der Waals surface area contributed by atoms with E-state index in [2.05, 4.69) is 59.1 Å². The third-order valence-corrected chi connectivity index (χ3v) is 6.61. The maximum atomic E-state index is 3.89. The number of halogens is 1. The van der Waals surface area contributed by atoms with Crippen molar-refractivity contribution < 1.29 is 0 Å². The maximum absolute atomic E-state index is 3.89. The van der Waals surface area contributed by atoms with E-state index in [4.69, 9.17) is 0 Å². The predicted molar refractivity (Wildman–Crippen MR) is 94.8 cm³/mol. The summed E-state index contributed by atoms with van der Waals surface area (Å²) in [4.78, 5) is 4.23. The average Bonchev–Trinajstić information content (AvgIpc) is 3.18. The molecule has 1 saturated carbocycles. The molecule has 1 aliphatic carbocycles. The lowest BCUT2D eigenvalue weighted by molar-refractivity contribution is 0.0590. The van der Waals surface area contributed by atoms with Gasteiger partial charge in [0.15, 0.2) is 0 Å². The summed E-state index contributed by atoms with van der Waals surface area (Å²) < 4.78 is 1.25. The minimum atomic E-state index is 0.335. The van der Waals surface area contributed by atoms with Crippen molar-refractivity contribution in [3.8, 4) is 0 Å². The summed E-state index contributed by atoms with van der Waals surface area (Å²) in [5.41, 5.74) is 0.335. The number of piperazine rings is 1. The molecular weight excluding hydrogens is 344 g/mol. The van der Waals surface area contributed by atoms with E-state index in [0.717, 1.165) is 24.9 Å². The molecule has 1 aromatic rings. The summed E-state index contributed by atoms with van der Waals surface area (Å²) in [6.45, 7) is 10.6. The van der Waals surface area contributed by atoms with Gasteiger partial charge in [-0.25, -0.2) is 0 Å². The molecule has 2 aliphatic rings. The van der Waals surface area contributed by atoms with Gasteiger partial charge in [-0.3, -0.25) is 4.90 Å². The minimum absolute atomic E-state index is 0.335. The van der Waals surface area contributed by atoms with Crippen LogP contribution in [0, 0.1) is 11.8 Å². The van der Waals surface area contributed by atoms with E-state index in [-0.39, 0.29) is 0 Å². The third-order valence-electron chi connectivity index (χ3n) is 5.00. The number of rotatable bonds is 5. The predicted octanol–water partition coefficient (Wildman–Crippen LogP) is 4.50. The number of thiophene rings is 1. The van der Waals surface area contributed by atoms with E-state index in [1.165, 1.54) is 34.5 Å². The second-order valence-electron chi connectivity index (χ2n) is 7.47. The molecule has 0 aromatic carbocycles. The summed E-state index contributed by atoms with van der Waals surface area (Å²) in [5, 5.41) is 3.89. The van der Waals surface area contributed by atoms with Gasteiger partial charge in [-0.15, -0.1) is 11.3 Å². The standard InChI is InChI=1S/C17H27BrN2S/c1-12(2)8-14-9-19-17(3,13-4-5-13)11-20(14)10-15-6-7-16(18)21-15/h6-7,12-14,19H,4-5,8-11H2,1-3H3. The van der Waals surface area contributed by atoms with Crippen LogP contribution < -0.4 is 5.32 Å². The van der Waals surface area contributed by atoms with Gasteiger partial charge in [0.2, 0.25) is 0 Å². The van der Waals surface area contributed by atoms with Gasteiger partial charge in [0.05, 0.1) is 3.79 Å². The van der Waals surface area contributed by atoms with Gasteiger partial charge in [0.25, 0.3) is 0 Å². The molecule has 2 nitrogen and oxygen atoms in total. The van der Waals surface area contributed by atoms with E-state index in [0.29, 0.717) is 11.6 Å². The van der Waals surface area contributed by atoms with Crippen LogP contribution in [0.25, 0.3) is 0 Å². The number of nitrogens with zero attached hydrogens (tertiary/aromatic N) is 1. The van der Waals surface area contributed by atoms with Crippen molar-refractivity contribution in [2.45, 2.75) is 58.2 Å². The molecule has 1 aromatic heterocycles. The largest absolute Gasteiger partial charge is 0.308 e. The van der Waals surface area contributed by atoms with Crippen molar-refractivity contribution >= 4 is 27.3 Å². The lowest BCUT2D eigenvalue weighted by Crippen LogP contribution is -2.63. The van der Waals surface area contributed by atoms with Crippen molar-refractivity contribution in [3.63, 3.8) is 0 Å². The highest BCUT2D eigenvalue weighted by Gasteiger charge is 2.45. The van der Waals surface area contributed by atoms with Crippen LogP contribution >= 0.6 is 27.3 Å². The van der Waals surface area contributed by atoms with Crippen molar-refractivity contribution in [3.05, 3.63) is 20.8 Å².